The first-order chi connectivity index (χ1) is 20.7. The normalized spacial score (nSPS) is 11.0. The maximum Gasteiger partial charge on any atom is 0.234 e. The minimum Gasteiger partial charge on any atom is -0.323 e. The van der Waals surface area contributed by atoms with Crippen molar-refractivity contribution < 1.29 is 0 Å². The number of nitrogens with zero attached hydrogens (tertiary/aromatic N) is 6. The maximum absolute atomic E-state index is 4.46. The van der Waals surface area contributed by atoms with Crippen molar-refractivity contribution >= 4 is 68.4 Å². The standard InChI is InChI=1S/C30H26N8S4/c1-39-29-35-33-27(37(29)21-13-5-3-6-14-21)31-23-17-9-11-19-25(23)41-42-26-20-12-10-18-24(26)32-28-34-36-30(40-2)38(28)22-15-7-4-8-16-22/h3-20H,1-2H3,(H,31,33)(H,32,34). The average molecular weight is 627 g/mol. The van der Waals surface area contributed by atoms with Gasteiger partial charge >= 0.3 is 0 Å². The lowest BCUT2D eigenvalue weighted by Crippen LogP contribution is -2.03. The van der Waals surface area contributed by atoms with Crippen molar-refractivity contribution in [2.75, 3.05) is 23.1 Å². The van der Waals surface area contributed by atoms with Crippen molar-refractivity contribution in [3.63, 3.8) is 0 Å². The number of anilines is 4. The van der Waals surface area contributed by atoms with Gasteiger partial charge in [0.15, 0.2) is 10.3 Å². The summed E-state index contributed by atoms with van der Waals surface area (Å²) >= 11 is 3.12. The topological polar surface area (TPSA) is 85.5 Å². The van der Waals surface area contributed by atoms with Crippen molar-refractivity contribution in [2.24, 2.45) is 0 Å². The Bertz CT molecular complexity index is 1640. The fraction of sp³-hybridized carbons (Fsp3) is 0.0667. The van der Waals surface area contributed by atoms with Crippen molar-refractivity contribution in [3.8, 4) is 11.4 Å². The molecule has 6 rings (SSSR count). The third kappa shape index (κ3) is 6.16. The van der Waals surface area contributed by atoms with Crippen LogP contribution in [0, 0.1) is 0 Å². The Morgan fingerprint density at radius 1 is 0.476 bits per heavy atom. The molecule has 42 heavy (non-hydrogen) atoms. The summed E-state index contributed by atoms with van der Waals surface area (Å²) in [6.07, 6.45) is 4.01. The summed E-state index contributed by atoms with van der Waals surface area (Å²) in [6, 6.07) is 36.7. The number of hydrogen-bond acceptors (Lipinski definition) is 10. The predicted molar refractivity (Wildman–Crippen MR) is 177 cm³/mol. The lowest BCUT2D eigenvalue weighted by atomic mass is 10.3. The van der Waals surface area contributed by atoms with E-state index in [1.165, 1.54) is 0 Å². The molecule has 0 aliphatic rings. The van der Waals surface area contributed by atoms with Crippen LogP contribution in [0.1, 0.15) is 0 Å². The van der Waals surface area contributed by atoms with Gasteiger partial charge in [-0.25, -0.2) is 0 Å². The van der Waals surface area contributed by atoms with Crippen molar-refractivity contribution in [1.82, 2.24) is 29.5 Å². The van der Waals surface area contributed by atoms with Crippen LogP contribution >= 0.6 is 45.1 Å². The van der Waals surface area contributed by atoms with Crippen LogP contribution in [0.4, 0.5) is 23.3 Å². The largest absolute Gasteiger partial charge is 0.323 e. The molecular formula is C30H26N8S4. The fourth-order valence-corrected chi connectivity index (χ4v) is 7.47. The number of rotatable bonds is 11. The highest BCUT2D eigenvalue weighted by Gasteiger charge is 2.17. The Morgan fingerprint density at radius 2 is 0.857 bits per heavy atom. The fourth-order valence-electron chi connectivity index (χ4n) is 4.20. The molecule has 0 amide bonds. The number of benzene rings is 4. The Morgan fingerprint density at radius 3 is 1.26 bits per heavy atom. The molecule has 2 aromatic heterocycles. The summed E-state index contributed by atoms with van der Waals surface area (Å²) in [5.41, 5.74) is 3.90. The molecule has 2 N–H and O–H groups in total. The van der Waals surface area contributed by atoms with Gasteiger partial charge in [-0.2, -0.15) is 0 Å². The molecule has 0 spiro atoms. The molecule has 0 radical (unpaired) electrons. The molecule has 0 fully saturated rings. The summed E-state index contributed by atoms with van der Waals surface area (Å²) < 4.78 is 4.06. The summed E-state index contributed by atoms with van der Waals surface area (Å²) in [5.74, 6) is 1.33. The number of nitrogens with one attached hydrogen (secondary N) is 2. The highest BCUT2D eigenvalue weighted by atomic mass is 33.1. The zero-order valence-electron chi connectivity index (χ0n) is 22.7. The molecule has 4 aromatic carbocycles. The van der Waals surface area contributed by atoms with Crippen LogP contribution in [0.5, 0.6) is 0 Å². The van der Waals surface area contributed by atoms with E-state index < -0.39 is 0 Å². The molecule has 0 aliphatic heterocycles. The summed E-state index contributed by atoms with van der Waals surface area (Å²) in [7, 11) is 3.35. The quantitative estimate of drug-likeness (QED) is 0.108. The van der Waals surface area contributed by atoms with Crippen LogP contribution in [-0.2, 0) is 0 Å². The molecule has 0 saturated heterocycles. The van der Waals surface area contributed by atoms with E-state index >= 15 is 0 Å². The number of aromatic nitrogens is 6. The highest BCUT2D eigenvalue weighted by molar-refractivity contribution is 8.76. The zero-order valence-corrected chi connectivity index (χ0v) is 26.0. The second-order valence-electron chi connectivity index (χ2n) is 8.77. The van der Waals surface area contributed by atoms with E-state index in [-0.39, 0.29) is 0 Å². The van der Waals surface area contributed by atoms with Gasteiger partial charge < -0.3 is 10.6 Å². The third-order valence-corrected chi connectivity index (χ3v) is 9.89. The molecule has 0 saturated carbocycles. The second kappa shape index (κ2) is 13.4. The molecular weight excluding hydrogens is 601 g/mol. The van der Waals surface area contributed by atoms with Crippen molar-refractivity contribution in [1.29, 1.82) is 0 Å². The lowest BCUT2D eigenvalue weighted by Gasteiger charge is -2.15. The molecule has 0 unspecified atom stereocenters. The lowest BCUT2D eigenvalue weighted by molar-refractivity contribution is 0.889. The molecule has 6 aromatic rings. The summed E-state index contributed by atoms with van der Waals surface area (Å²) in [5, 5.41) is 26.4. The monoisotopic (exact) mass is 626 g/mol. The number of hydrogen-bond donors (Lipinski definition) is 2. The van der Waals surface area contributed by atoms with Gasteiger partial charge in [0.2, 0.25) is 11.9 Å². The van der Waals surface area contributed by atoms with Crippen LogP contribution in [0.15, 0.2) is 129 Å². The van der Waals surface area contributed by atoms with Gasteiger partial charge in [0.05, 0.1) is 22.7 Å². The van der Waals surface area contributed by atoms with Gasteiger partial charge in [0, 0.05) is 9.79 Å². The smallest absolute Gasteiger partial charge is 0.234 e. The maximum atomic E-state index is 4.46. The van der Waals surface area contributed by atoms with Crippen LogP contribution in [0.25, 0.3) is 11.4 Å². The first-order valence-corrected chi connectivity index (χ1v) is 17.5. The van der Waals surface area contributed by atoms with Crippen LogP contribution in [0.3, 0.4) is 0 Å². The minimum absolute atomic E-state index is 0.663. The van der Waals surface area contributed by atoms with E-state index in [0.717, 1.165) is 42.9 Å². The zero-order chi connectivity index (χ0) is 28.7. The van der Waals surface area contributed by atoms with Crippen molar-refractivity contribution in [3.05, 3.63) is 109 Å². The predicted octanol–water partition coefficient (Wildman–Crippen LogP) is 8.58. The number of para-hydroxylation sites is 4. The molecule has 12 heteroatoms. The van der Waals surface area contributed by atoms with Gasteiger partial charge in [0.1, 0.15) is 0 Å². The molecule has 0 aliphatic carbocycles. The molecule has 0 bridgehead atoms. The van der Waals surface area contributed by atoms with E-state index in [4.69, 9.17) is 0 Å². The second-order valence-corrected chi connectivity index (χ2v) is 12.5. The Hall–Kier alpha value is -3.84. The van der Waals surface area contributed by atoms with Gasteiger partial charge in [-0.05, 0) is 61.0 Å². The molecule has 8 nitrogen and oxygen atoms in total. The van der Waals surface area contributed by atoms with Crippen LogP contribution in [0.2, 0.25) is 0 Å². The van der Waals surface area contributed by atoms with E-state index in [1.807, 2.05) is 82.3 Å². The van der Waals surface area contributed by atoms with Gasteiger partial charge in [-0.3, -0.25) is 9.13 Å². The van der Waals surface area contributed by atoms with E-state index in [2.05, 4.69) is 79.6 Å². The Kier molecular flexibility index (Phi) is 9.04. The first kappa shape index (κ1) is 28.3. The minimum atomic E-state index is 0.663. The van der Waals surface area contributed by atoms with Crippen molar-refractivity contribution in [2.45, 2.75) is 20.1 Å². The molecule has 2 heterocycles. The summed E-state index contributed by atoms with van der Waals surface area (Å²) in [6.45, 7) is 0. The molecule has 0 atom stereocenters. The van der Waals surface area contributed by atoms with Gasteiger partial charge in [-0.1, -0.05) is 106 Å². The van der Waals surface area contributed by atoms with Gasteiger partial charge in [-0.15, -0.1) is 20.4 Å². The number of thioether (sulfide) groups is 2. The van der Waals surface area contributed by atoms with E-state index in [1.54, 1.807) is 45.1 Å². The third-order valence-electron chi connectivity index (χ3n) is 6.15. The Labute approximate surface area is 260 Å². The van der Waals surface area contributed by atoms with E-state index in [9.17, 15) is 0 Å². The average Bonchev–Trinajstić information content (AvgIpc) is 3.65. The van der Waals surface area contributed by atoms with Gasteiger partial charge in [0.25, 0.3) is 0 Å². The van der Waals surface area contributed by atoms with E-state index in [0.29, 0.717) is 11.9 Å². The highest BCUT2D eigenvalue weighted by Crippen LogP contribution is 2.44. The summed E-state index contributed by atoms with van der Waals surface area (Å²) in [4.78, 5) is 2.14. The Balaban J connectivity index is 1.24. The van der Waals surface area contributed by atoms with Crippen LogP contribution in [-0.4, -0.2) is 42.0 Å². The first-order valence-electron chi connectivity index (χ1n) is 12.9. The molecule has 210 valence electrons. The SMILES string of the molecule is CSc1nnc(Nc2ccccc2SSc2ccccc2Nc2nnc(SC)n2-c2ccccc2)n1-c1ccccc1. The van der Waals surface area contributed by atoms with Crippen LogP contribution < -0.4 is 10.6 Å².